The van der Waals surface area contributed by atoms with E-state index in [9.17, 15) is 0 Å². The van der Waals surface area contributed by atoms with Crippen molar-refractivity contribution in [2.24, 2.45) is 5.73 Å². The minimum absolute atomic E-state index is 0.108. The molecule has 0 amide bonds. The highest BCUT2D eigenvalue weighted by Gasteiger charge is 2.18. The third-order valence-electron chi connectivity index (χ3n) is 3.94. The first-order valence-electron chi connectivity index (χ1n) is 7.02. The molecule has 0 radical (unpaired) electrons. The zero-order chi connectivity index (χ0) is 13.9. The van der Waals surface area contributed by atoms with Gasteiger partial charge in [-0.3, -0.25) is 4.90 Å². The Hall–Kier alpha value is -1.16. The van der Waals surface area contributed by atoms with Crippen molar-refractivity contribution in [3.05, 3.63) is 69.7 Å². The van der Waals surface area contributed by atoms with Crippen LogP contribution in [-0.4, -0.2) is 11.4 Å². The summed E-state index contributed by atoms with van der Waals surface area (Å²) in [7, 11) is 0. The van der Waals surface area contributed by atoms with Crippen LogP contribution in [0.3, 0.4) is 0 Å². The van der Waals surface area contributed by atoms with E-state index < -0.39 is 0 Å². The first kappa shape index (κ1) is 13.8. The molecule has 2 nitrogen and oxygen atoms in total. The average molecular weight is 331 g/mol. The van der Waals surface area contributed by atoms with Gasteiger partial charge in [0.15, 0.2) is 0 Å². The number of hydrogen-bond donors (Lipinski definition) is 1. The summed E-state index contributed by atoms with van der Waals surface area (Å²) in [6.07, 6.45) is 0.991. The van der Waals surface area contributed by atoms with E-state index in [0.717, 1.165) is 30.5 Å². The van der Waals surface area contributed by atoms with E-state index >= 15 is 0 Å². The van der Waals surface area contributed by atoms with E-state index in [1.807, 2.05) is 12.1 Å². The van der Waals surface area contributed by atoms with Gasteiger partial charge < -0.3 is 5.73 Å². The van der Waals surface area contributed by atoms with Crippen LogP contribution in [0.1, 0.15) is 29.2 Å². The Kier molecular flexibility index (Phi) is 4.20. The van der Waals surface area contributed by atoms with Crippen molar-refractivity contribution < 1.29 is 0 Å². The Morgan fingerprint density at radius 1 is 1.05 bits per heavy atom. The van der Waals surface area contributed by atoms with Gasteiger partial charge in [0.1, 0.15) is 0 Å². The standard InChI is InChI=1S/C17H19BrN2/c18-16-7-3-6-13(10-16)17(19)8-9-20-11-14-4-1-2-5-15(14)12-20/h1-7,10,17H,8-9,11-12,19H2. The molecule has 2 aromatic carbocycles. The van der Waals surface area contributed by atoms with Crippen LogP contribution in [0.5, 0.6) is 0 Å². The molecule has 3 heteroatoms. The lowest BCUT2D eigenvalue weighted by Gasteiger charge is -2.18. The molecule has 2 N–H and O–H groups in total. The smallest absolute Gasteiger partial charge is 0.0307 e. The van der Waals surface area contributed by atoms with Crippen LogP contribution in [-0.2, 0) is 13.1 Å². The summed E-state index contributed by atoms with van der Waals surface area (Å²) in [6, 6.07) is 17.1. The van der Waals surface area contributed by atoms with Gasteiger partial charge in [-0.15, -0.1) is 0 Å². The van der Waals surface area contributed by atoms with Crippen molar-refractivity contribution in [3.8, 4) is 0 Å². The van der Waals surface area contributed by atoms with Gasteiger partial charge >= 0.3 is 0 Å². The van der Waals surface area contributed by atoms with Crippen LogP contribution in [0, 0.1) is 0 Å². The largest absolute Gasteiger partial charge is 0.324 e. The Morgan fingerprint density at radius 3 is 2.40 bits per heavy atom. The topological polar surface area (TPSA) is 29.3 Å². The maximum Gasteiger partial charge on any atom is 0.0307 e. The molecule has 2 aromatic rings. The Bertz CT molecular complexity index is 572. The molecule has 20 heavy (non-hydrogen) atoms. The van der Waals surface area contributed by atoms with Gasteiger partial charge in [0.05, 0.1) is 0 Å². The Labute approximate surface area is 128 Å². The second-order valence-electron chi connectivity index (χ2n) is 5.43. The Balaban J connectivity index is 1.56. The van der Waals surface area contributed by atoms with Crippen molar-refractivity contribution in [1.82, 2.24) is 4.90 Å². The van der Waals surface area contributed by atoms with E-state index in [1.54, 1.807) is 0 Å². The van der Waals surface area contributed by atoms with Gasteiger partial charge in [-0.2, -0.15) is 0 Å². The van der Waals surface area contributed by atoms with Crippen LogP contribution in [0.2, 0.25) is 0 Å². The average Bonchev–Trinajstić information content (AvgIpc) is 2.87. The molecule has 0 saturated carbocycles. The first-order chi connectivity index (χ1) is 9.72. The molecule has 0 aromatic heterocycles. The van der Waals surface area contributed by atoms with E-state index in [2.05, 4.69) is 57.2 Å². The van der Waals surface area contributed by atoms with Crippen LogP contribution < -0.4 is 5.73 Å². The summed E-state index contributed by atoms with van der Waals surface area (Å²) >= 11 is 3.50. The van der Waals surface area contributed by atoms with Gasteiger partial charge in [-0.1, -0.05) is 52.3 Å². The summed E-state index contributed by atoms with van der Waals surface area (Å²) < 4.78 is 1.10. The van der Waals surface area contributed by atoms with Crippen molar-refractivity contribution >= 4 is 15.9 Å². The van der Waals surface area contributed by atoms with Crippen LogP contribution in [0.15, 0.2) is 53.0 Å². The summed E-state index contributed by atoms with van der Waals surface area (Å²) in [4.78, 5) is 2.47. The minimum atomic E-state index is 0.108. The second kappa shape index (κ2) is 6.08. The third-order valence-corrected chi connectivity index (χ3v) is 4.43. The van der Waals surface area contributed by atoms with Gasteiger partial charge in [0.25, 0.3) is 0 Å². The molecule has 1 atom stereocenters. The molecule has 1 aliphatic heterocycles. The van der Waals surface area contributed by atoms with Crippen LogP contribution in [0.4, 0.5) is 0 Å². The lowest BCUT2D eigenvalue weighted by atomic mass is 10.0. The summed E-state index contributed by atoms with van der Waals surface area (Å²) in [6.45, 7) is 3.16. The molecule has 0 bridgehead atoms. The summed E-state index contributed by atoms with van der Waals surface area (Å²) in [5.41, 5.74) is 10.4. The van der Waals surface area contributed by atoms with Crippen molar-refractivity contribution in [2.75, 3.05) is 6.54 Å². The molecule has 3 rings (SSSR count). The molecule has 0 fully saturated rings. The highest BCUT2D eigenvalue weighted by atomic mass is 79.9. The maximum atomic E-state index is 6.30. The van der Waals surface area contributed by atoms with E-state index in [-0.39, 0.29) is 6.04 Å². The normalized spacial score (nSPS) is 16.1. The predicted octanol–water partition coefficient (Wildman–Crippen LogP) is 3.85. The van der Waals surface area contributed by atoms with Crippen LogP contribution in [0.25, 0.3) is 0 Å². The zero-order valence-corrected chi connectivity index (χ0v) is 13.0. The molecule has 0 saturated heterocycles. The fourth-order valence-corrected chi connectivity index (χ4v) is 3.20. The Morgan fingerprint density at radius 2 is 1.75 bits per heavy atom. The number of hydrogen-bond acceptors (Lipinski definition) is 2. The van der Waals surface area contributed by atoms with E-state index in [4.69, 9.17) is 5.73 Å². The van der Waals surface area contributed by atoms with E-state index in [0.29, 0.717) is 0 Å². The number of nitrogens with two attached hydrogens (primary N) is 1. The number of fused-ring (bicyclic) bond motifs is 1. The highest BCUT2D eigenvalue weighted by molar-refractivity contribution is 9.10. The molecular formula is C17H19BrN2. The monoisotopic (exact) mass is 330 g/mol. The lowest BCUT2D eigenvalue weighted by molar-refractivity contribution is 0.272. The number of benzene rings is 2. The van der Waals surface area contributed by atoms with E-state index in [1.165, 1.54) is 16.7 Å². The van der Waals surface area contributed by atoms with Gasteiger partial charge in [-0.25, -0.2) is 0 Å². The fraction of sp³-hybridized carbons (Fsp3) is 0.294. The summed E-state index contributed by atoms with van der Waals surface area (Å²) in [5.74, 6) is 0. The summed E-state index contributed by atoms with van der Waals surface area (Å²) in [5, 5.41) is 0. The third kappa shape index (κ3) is 3.11. The lowest BCUT2D eigenvalue weighted by Crippen LogP contribution is -2.22. The second-order valence-corrected chi connectivity index (χ2v) is 6.35. The first-order valence-corrected chi connectivity index (χ1v) is 7.82. The SMILES string of the molecule is NC(CCN1Cc2ccccc2C1)c1cccc(Br)c1. The van der Waals surface area contributed by atoms with Gasteiger partial charge in [-0.05, 0) is 35.2 Å². The molecule has 0 spiro atoms. The number of halogens is 1. The number of rotatable bonds is 4. The molecular weight excluding hydrogens is 312 g/mol. The van der Waals surface area contributed by atoms with Gasteiger partial charge in [0, 0.05) is 30.1 Å². The predicted molar refractivity (Wildman–Crippen MR) is 86.2 cm³/mol. The molecule has 104 valence electrons. The zero-order valence-electron chi connectivity index (χ0n) is 11.4. The molecule has 0 aliphatic carbocycles. The maximum absolute atomic E-state index is 6.30. The van der Waals surface area contributed by atoms with Gasteiger partial charge in [0.2, 0.25) is 0 Å². The minimum Gasteiger partial charge on any atom is -0.324 e. The van der Waals surface area contributed by atoms with Crippen molar-refractivity contribution in [3.63, 3.8) is 0 Å². The quantitative estimate of drug-likeness (QED) is 0.922. The number of nitrogens with zero attached hydrogens (tertiary/aromatic N) is 1. The van der Waals surface area contributed by atoms with Crippen molar-refractivity contribution in [2.45, 2.75) is 25.6 Å². The van der Waals surface area contributed by atoms with Crippen LogP contribution >= 0.6 is 15.9 Å². The molecule has 1 heterocycles. The highest BCUT2D eigenvalue weighted by Crippen LogP contribution is 2.24. The fourth-order valence-electron chi connectivity index (χ4n) is 2.79. The van der Waals surface area contributed by atoms with Crippen molar-refractivity contribution in [1.29, 1.82) is 0 Å². The molecule has 1 aliphatic rings. The molecule has 1 unspecified atom stereocenters.